The predicted molar refractivity (Wildman–Crippen MR) is 74.0 cm³/mol. The Morgan fingerprint density at radius 3 is 1.31 bits per heavy atom. The van der Waals surface area contributed by atoms with Crippen molar-refractivity contribution in [3.63, 3.8) is 0 Å². The maximum absolute atomic E-state index is 2.99. The SMILES string of the molecule is C[C](C)=[Zr+2].Cl.Cl.[C-]1=CC=CC1.[C-]1=CC=CC1. The smallest absolute Gasteiger partial charge is 0.109 e. The zero-order valence-electron chi connectivity index (χ0n) is 9.69. The van der Waals surface area contributed by atoms with Crippen LogP contribution in [0.15, 0.2) is 36.5 Å². The van der Waals surface area contributed by atoms with Crippen LogP contribution in [0, 0.1) is 12.2 Å². The molecule has 0 nitrogen and oxygen atoms in total. The average molecular weight is 336 g/mol. The minimum absolute atomic E-state index is 0. The van der Waals surface area contributed by atoms with Crippen molar-refractivity contribution in [2.45, 2.75) is 26.7 Å². The van der Waals surface area contributed by atoms with Gasteiger partial charge in [0.15, 0.2) is 0 Å². The quantitative estimate of drug-likeness (QED) is 0.582. The number of hydrogen-bond acceptors (Lipinski definition) is 0. The molecule has 3 heteroatoms. The van der Waals surface area contributed by atoms with Gasteiger partial charge in [0.25, 0.3) is 0 Å². The molecule has 2 rings (SSSR count). The van der Waals surface area contributed by atoms with Crippen LogP contribution in [0.25, 0.3) is 0 Å². The third-order valence-corrected chi connectivity index (χ3v) is 1.17. The van der Waals surface area contributed by atoms with Gasteiger partial charge in [-0.3, -0.25) is 12.2 Å². The normalized spacial score (nSPS) is 12.8. The third-order valence-electron chi connectivity index (χ3n) is 1.17. The summed E-state index contributed by atoms with van der Waals surface area (Å²) in [5, 5.41) is 0. The molecule has 0 radical (unpaired) electrons. The number of rotatable bonds is 0. The van der Waals surface area contributed by atoms with Crippen molar-refractivity contribution in [1.29, 1.82) is 0 Å². The van der Waals surface area contributed by atoms with Gasteiger partial charge in [-0.05, 0) is 0 Å². The molecule has 0 aliphatic heterocycles. The van der Waals surface area contributed by atoms with Gasteiger partial charge in [0.2, 0.25) is 0 Å². The molecule has 0 amide bonds. The molecule has 16 heavy (non-hydrogen) atoms. The second-order valence-corrected chi connectivity index (χ2v) is 5.46. The van der Waals surface area contributed by atoms with Crippen molar-refractivity contribution in [2.75, 3.05) is 0 Å². The Morgan fingerprint density at radius 2 is 1.25 bits per heavy atom. The molecule has 0 unspecified atom stereocenters. The summed E-state index contributed by atoms with van der Waals surface area (Å²) in [4.78, 5) is 0. The summed E-state index contributed by atoms with van der Waals surface area (Å²) in [6, 6.07) is 0. The molecule has 0 aromatic rings. The van der Waals surface area contributed by atoms with Crippen LogP contribution in [-0.2, 0) is 24.2 Å². The number of halogens is 2. The van der Waals surface area contributed by atoms with Crippen LogP contribution >= 0.6 is 24.8 Å². The zero-order valence-corrected chi connectivity index (χ0v) is 13.8. The Bertz CT molecular complexity index is 217. The van der Waals surface area contributed by atoms with Gasteiger partial charge in [-0.25, -0.2) is 24.3 Å². The van der Waals surface area contributed by atoms with E-state index in [2.05, 4.69) is 38.2 Å². The van der Waals surface area contributed by atoms with E-state index in [4.69, 9.17) is 0 Å². The molecule has 0 fully saturated rings. The topological polar surface area (TPSA) is 0 Å². The molecule has 0 N–H and O–H groups in total. The maximum Gasteiger partial charge on any atom is -0.109 e. The van der Waals surface area contributed by atoms with E-state index in [-0.39, 0.29) is 24.8 Å². The summed E-state index contributed by atoms with van der Waals surface area (Å²) in [5.41, 5.74) is 0. The van der Waals surface area contributed by atoms with E-state index >= 15 is 0 Å². The molecule has 2 aliphatic carbocycles. The van der Waals surface area contributed by atoms with E-state index in [0.29, 0.717) is 0 Å². The largest absolute Gasteiger partial charge is 0.273 e. The fraction of sp³-hybridized carbons (Fsp3) is 0.308. The molecule has 0 heterocycles. The van der Waals surface area contributed by atoms with Gasteiger partial charge in [-0.15, -0.1) is 37.7 Å². The van der Waals surface area contributed by atoms with Crippen LogP contribution in [0.3, 0.4) is 0 Å². The molecule has 0 aromatic carbocycles. The van der Waals surface area contributed by atoms with E-state index in [1.165, 1.54) is 3.21 Å². The molecule has 88 valence electrons. The van der Waals surface area contributed by atoms with Crippen molar-refractivity contribution >= 4 is 28.0 Å². The van der Waals surface area contributed by atoms with Gasteiger partial charge in [-0.1, -0.05) is 0 Å². The second-order valence-electron chi connectivity index (χ2n) is 3.01. The molecule has 0 saturated carbocycles. The maximum atomic E-state index is 2.99. The summed E-state index contributed by atoms with van der Waals surface area (Å²) in [5.74, 6) is 0. The standard InChI is InChI=1S/2C5H5.C3H6.2ClH.Zr/c2*1-2-4-5-3-1;1-3-2;;;/h2*1-3H,4H2;1-2H3;2*1H;/q2*-1;;;;+2. The van der Waals surface area contributed by atoms with Gasteiger partial charge in [0.1, 0.15) is 0 Å². The van der Waals surface area contributed by atoms with Crippen molar-refractivity contribution in [1.82, 2.24) is 0 Å². The summed E-state index contributed by atoms with van der Waals surface area (Å²) in [6.45, 7) is 4.25. The molecule has 0 aromatic heterocycles. The first-order valence-corrected chi connectivity index (χ1v) is 5.91. The Kier molecular flexibility index (Phi) is 23.8. The minimum Gasteiger partial charge on any atom is -0.273 e. The molecule has 0 bridgehead atoms. The first-order chi connectivity index (χ1) is 6.73. The van der Waals surface area contributed by atoms with Crippen molar-refractivity contribution in [2.24, 2.45) is 0 Å². The van der Waals surface area contributed by atoms with E-state index in [1.807, 2.05) is 24.3 Å². The zero-order chi connectivity index (χ0) is 10.6. The third kappa shape index (κ3) is 23.8. The van der Waals surface area contributed by atoms with Gasteiger partial charge in [-0.2, -0.15) is 12.2 Å². The summed E-state index contributed by atoms with van der Waals surface area (Å²) in [7, 11) is 0. The first kappa shape index (κ1) is 21.6. The number of hydrogen-bond donors (Lipinski definition) is 0. The van der Waals surface area contributed by atoms with Gasteiger partial charge in [0.05, 0.1) is 0 Å². The fourth-order valence-corrected chi connectivity index (χ4v) is 0.680. The number of allylic oxidation sites excluding steroid dienone is 8. The van der Waals surface area contributed by atoms with Crippen molar-refractivity contribution in [3.05, 3.63) is 48.6 Å². The van der Waals surface area contributed by atoms with Crippen molar-refractivity contribution < 1.29 is 24.2 Å². The van der Waals surface area contributed by atoms with E-state index < -0.39 is 0 Å². The monoisotopic (exact) mass is 334 g/mol. The van der Waals surface area contributed by atoms with Crippen LogP contribution in [0.4, 0.5) is 0 Å². The van der Waals surface area contributed by atoms with Crippen molar-refractivity contribution in [3.8, 4) is 0 Å². The average Bonchev–Trinajstić information content (AvgIpc) is 2.83. The molecule has 2 aliphatic rings. The Labute approximate surface area is 127 Å². The van der Waals surface area contributed by atoms with Crippen LogP contribution in [0.1, 0.15) is 26.7 Å². The first-order valence-electron chi connectivity index (χ1n) is 4.68. The fourth-order valence-electron chi connectivity index (χ4n) is 0.680. The van der Waals surface area contributed by atoms with Gasteiger partial charge in [0, 0.05) is 0 Å². The van der Waals surface area contributed by atoms with Gasteiger partial charge >= 0.3 is 41.3 Å². The molecule has 0 saturated heterocycles. The molecule has 0 spiro atoms. The summed E-state index contributed by atoms with van der Waals surface area (Å²) in [6.07, 6.45) is 20.0. The van der Waals surface area contributed by atoms with E-state index in [1.54, 1.807) is 24.2 Å². The summed E-state index contributed by atoms with van der Waals surface area (Å²) >= 11 is 1.55. The van der Waals surface area contributed by atoms with Crippen LogP contribution in [0.5, 0.6) is 0 Å². The molecular weight excluding hydrogens is 318 g/mol. The Morgan fingerprint density at radius 1 is 0.938 bits per heavy atom. The van der Waals surface area contributed by atoms with Crippen LogP contribution < -0.4 is 0 Å². The van der Waals surface area contributed by atoms with Crippen LogP contribution in [0.2, 0.25) is 0 Å². The van der Waals surface area contributed by atoms with E-state index in [0.717, 1.165) is 12.8 Å². The molecular formula is C13H18Cl2Zr. The Hall–Kier alpha value is 0.293. The van der Waals surface area contributed by atoms with E-state index in [9.17, 15) is 0 Å². The predicted octanol–water partition coefficient (Wildman–Crippen LogP) is 4.20. The Balaban J connectivity index is -0.000000151. The minimum atomic E-state index is 0. The second kappa shape index (κ2) is 17.7. The van der Waals surface area contributed by atoms with Crippen LogP contribution in [-0.4, -0.2) is 3.21 Å². The molecule has 0 atom stereocenters. The van der Waals surface area contributed by atoms with Gasteiger partial charge < -0.3 is 0 Å². The summed E-state index contributed by atoms with van der Waals surface area (Å²) < 4.78 is 1.51.